The highest BCUT2D eigenvalue weighted by Gasteiger charge is 2.20. The van der Waals surface area contributed by atoms with E-state index in [-0.39, 0.29) is 22.7 Å². The van der Waals surface area contributed by atoms with Crippen molar-refractivity contribution >= 4 is 5.69 Å². The molecule has 0 heterocycles. The number of nitro benzene ring substituents is 1. The number of hydrogen-bond acceptors (Lipinski definition) is 4. The van der Waals surface area contributed by atoms with Crippen molar-refractivity contribution < 1.29 is 9.66 Å². The van der Waals surface area contributed by atoms with Crippen LogP contribution in [0.3, 0.4) is 0 Å². The zero-order valence-corrected chi connectivity index (χ0v) is 17.2. The minimum atomic E-state index is -0.360. The summed E-state index contributed by atoms with van der Waals surface area (Å²) in [6.45, 7) is 6.31. The number of methoxy groups -OCH3 is 1. The summed E-state index contributed by atoms with van der Waals surface area (Å²) >= 11 is 0. The second-order valence-corrected chi connectivity index (χ2v) is 7.29. The maximum Gasteiger partial charge on any atom is 0.269 e. The maximum atomic E-state index is 11.3. The van der Waals surface area contributed by atoms with Gasteiger partial charge in [0.2, 0.25) is 0 Å². The minimum absolute atomic E-state index is 0.0562. The fraction of sp³-hybridized carbons (Fsp3) is 0.250. The lowest BCUT2D eigenvalue weighted by atomic mass is 9.95. The molecule has 5 nitrogen and oxygen atoms in total. The normalized spacial score (nSPS) is 13.0. The van der Waals surface area contributed by atoms with E-state index in [1.165, 1.54) is 22.8 Å². The molecule has 0 saturated carbocycles. The second kappa shape index (κ2) is 8.88. The van der Waals surface area contributed by atoms with Crippen molar-refractivity contribution in [3.05, 3.63) is 105 Å². The Morgan fingerprint density at radius 1 is 0.897 bits per heavy atom. The van der Waals surface area contributed by atoms with Crippen LogP contribution < -0.4 is 10.1 Å². The van der Waals surface area contributed by atoms with Crippen LogP contribution in [0.25, 0.3) is 0 Å². The third kappa shape index (κ3) is 4.81. The van der Waals surface area contributed by atoms with E-state index >= 15 is 0 Å². The van der Waals surface area contributed by atoms with Gasteiger partial charge < -0.3 is 4.74 Å². The molecule has 2 unspecified atom stereocenters. The maximum absolute atomic E-state index is 11.3. The van der Waals surface area contributed by atoms with Gasteiger partial charge in [0.05, 0.1) is 18.1 Å². The van der Waals surface area contributed by atoms with Crippen molar-refractivity contribution in [3.63, 3.8) is 0 Å². The summed E-state index contributed by atoms with van der Waals surface area (Å²) in [5.74, 6) is 0.772. The molecule has 3 aromatic rings. The van der Waals surface area contributed by atoms with Crippen molar-refractivity contribution in [2.45, 2.75) is 32.9 Å². The lowest BCUT2D eigenvalue weighted by molar-refractivity contribution is -0.384. The van der Waals surface area contributed by atoms with Crippen LogP contribution in [0, 0.1) is 24.0 Å². The van der Waals surface area contributed by atoms with E-state index in [2.05, 4.69) is 44.3 Å². The number of non-ortho nitro benzene ring substituents is 1. The van der Waals surface area contributed by atoms with Gasteiger partial charge >= 0.3 is 0 Å². The van der Waals surface area contributed by atoms with Crippen LogP contribution in [-0.2, 0) is 0 Å². The summed E-state index contributed by atoms with van der Waals surface area (Å²) in [5, 5.41) is 14.9. The molecular formula is C24H26N2O3. The average Bonchev–Trinajstić information content (AvgIpc) is 2.74. The van der Waals surface area contributed by atoms with Gasteiger partial charge in [-0.25, -0.2) is 0 Å². The van der Waals surface area contributed by atoms with Gasteiger partial charge in [-0.2, -0.15) is 0 Å². The number of aryl methyl sites for hydroxylation is 2. The van der Waals surface area contributed by atoms with Gasteiger partial charge in [0, 0.05) is 18.2 Å². The van der Waals surface area contributed by atoms with E-state index in [4.69, 9.17) is 4.74 Å². The van der Waals surface area contributed by atoms with Crippen LogP contribution in [0.5, 0.6) is 5.75 Å². The summed E-state index contributed by atoms with van der Waals surface area (Å²) in [4.78, 5) is 10.9. The third-order valence-corrected chi connectivity index (χ3v) is 5.31. The molecule has 0 radical (unpaired) electrons. The zero-order chi connectivity index (χ0) is 21.0. The smallest absolute Gasteiger partial charge is 0.269 e. The summed E-state index contributed by atoms with van der Waals surface area (Å²) < 4.78 is 5.27. The molecule has 1 N–H and O–H groups in total. The second-order valence-electron chi connectivity index (χ2n) is 7.29. The highest BCUT2D eigenvalue weighted by Crippen LogP contribution is 2.30. The van der Waals surface area contributed by atoms with E-state index in [9.17, 15) is 10.1 Å². The molecule has 0 aromatic heterocycles. The fourth-order valence-corrected chi connectivity index (χ4v) is 3.38. The van der Waals surface area contributed by atoms with Crippen molar-refractivity contribution in [1.29, 1.82) is 0 Å². The SMILES string of the molecule is COc1ccc(C(NC(C)c2ccc(C)c(C)c2)c2cccc([N+](=O)[O-])c2)cc1. The number of nitrogens with one attached hydrogen (secondary N) is 1. The van der Waals surface area contributed by atoms with Crippen LogP contribution in [0.15, 0.2) is 66.7 Å². The summed E-state index contributed by atoms with van der Waals surface area (Å²) in [5.41, 5.74) is 5.62. The summed E-state index contributed by atoms with van der Waals surface area (Å²) in [6, 6.07) is 20.9. The number of ether oxygens (including phenoxy) is 1. The van der Waals surface area contributed by atoms with Gasteiger partial charge in [-0.15, -0.1) is 0 Å². The van der Waals surface area contributed by atoms with Crippen molar-refractivity contribution in [2.24, 2.45) is 0 Å². The Labute approximate surface area is 171 Å². The highest BCUT2D eigenvalue weighted by atomic mass is 16.6. The van der Waals surface area contributed by atoms with E-state index in [0.29, 0.717) is 0 Å². The summed E-state index contributed by atoms with van der Waals surface area (Å²) in [6.07, 6.45) is 0. The molecule has 0 aliphatic heterocycles. The first-order valence-corrected chi connectivity index (χ1v) is 9.60. The first-order chi connectivity index (χ1) is 13.9. The van der Waals surface area contributed by atoms with Crippen LogP contribution in [0.2, 0.25) is 0 Å². The van der Waals surface area contributed by atoms with E-state index < -0.39 is 0 Å². The molecule has 0 fully saturated rings. The molecule has 3 aromatic carbocycles. The topological polar surface area (TPSA) is 64.4 Å². The summed E-state index contributed by atoms with van der Waals surface area (Å²) in [7, 11) is 1.63. The number of hydrogen-bond donors (Lipinski definition) is 1. The molecule has 0 bridgehead atoms. The molecule has 150 valence electrons. The Balaban J connectivity index is 1.98. The van der Waals surface area contributed by atoms with E-state index in [1.807, 2.05) is 30.3 Å². The number of nitrogens with zero attached hydrogens (tertiary/aromatic N) is 1. The molecular weight excluding hydrogens is 364 g/mol. The van der Waals surface area contributed by atoms with Gasteiger partial charge in [-0.05, 0) is 60.7 Å². The minimum Gasteiger partial charge on any atom is -0.497 e. The zero-order valence-electron chi connectivity index (χ0n) is 17.2. The van der Waals surface area contributed by atoms with Gasteiger partial charge in [-0.3, -0.25) is 15.4 Å². The molecule has 0 spiro atoms. The third-order valence-electron chi connectivity index (χ3n) is 5.31. The molecule has 0 saturated heterocycles. The molecule has 5 heteroatoms. The van der Waals surface area contributed by atoms with Crippen molar-refractivity contribution in [1.82, 2.24) is 5.32 Å². The van der Waals surface area contributed by atoms with Gasteiger partial charge in [0.25, 0.3) is 5.69 Å². The molecule has 2 atom stereocenters. The van der Waals surface area contributed by atoms with Crippen LogP contribution >= 0.6 is 0 Å². The Morgan fingerprint density at radius 3 is 2.21 bits per heavy atom. The lowest BCUT2D eigenvalue weighted by Crippen LogP contribution is -2.26. The van der Waals surface area contributed by atoms with E-state index in [0.717, 1.165) is 16.9 Å². The monoisotopic (exact) mass is 390 g/mol. The first-order valence-electron chi connectivity index (χ1n) is 9.60. The predicted octanol–water partition coefficient (Wildman–Crippen LogP) is 5.66. The fourth-order valence-electron chi connectivity index (χ4n) is 3.38. The van der Waals surface area contributed by atoms with Crippen LogP contribution in [0.1, 0.15) is 46.8 Å². The Hall–Kier alpha value is -3.18. The number of nitro groups is 1. The molecule has 0 amide bonds. The average molecular weight is 390 g/mol. The standard InChI is InChI=1S/C24H26N2O3/c1-16-8-9-20(14-17(16)2)18(3)25-24(19-10-12-23(29-4)13-11-19)21-6-5-7-22(15-21)26(27)28/h5-15,18,24-25H,1-4H3. The van der Waals surface area contributed by atoms with Crippen LogP contribution in [0.4, 0.5) is 5.69 Å². The number of rotatable bonds is 7. The Morgan fingerprint density at radius 2 is 1.59 bits per heavy atom. The lowest BCUT2D eigenvalue weighted by Gasteiger charge is -2.25. The molecule has 0 aliphatic rings. The van der Waals surface area contributed by atoms with Crippen molar-refractivity contribution in [3.8, 4) is 5.75 Å². The van der Waals surface area contributed by atoms with Crippen molar-refractivity contribution in [2.75, 3.05) is 7.11 Å². The molecule has 29 heavy (non-hydrogen) atoms. The predicted molar refractivity (Wildman–Crippen MR) is 115 cm³/mol. The first kappa shape index (κ1) is 20.6. The number of benzene rings is 3. The highest BCUT2D eigenvalue weighted by molar-refractivity contribution is 5.42. The van der Waals surface area contributed by atoms with Gasteiger partial charge in [0.1, 0.15) is 5.75 Å². The van der Waals surface area contributed by atoms with Gasteiger partial charge in [0.15, 0.2) is 0 Å². The Bertz CT molecular complexity index is 999. The Kier molecular flexibility index (Phi) is 6.29. The van der Waals surface area contributed by atoms with Crippen LogP contribution in [-0.4, -0.2) is 12.0 Å². The largest absolute Gasteiger partial charge is 0.497 e. The van der Waals surface area contributed by atoms with Gasteiger partial charge in [-0.1, -0.05) is 42.5 Å². The molecule has 0 aliphatic carbocycles. The quantitative estimate of drug-likeness (QED) is 0.417. The molecule has 3 rings (SSSR count). The van der Waals surface area contributed by atoms with E-state index in [1.54, 1.807) is 19.2 Å².